The zero-order chi connectivity index (χ0) is 20.1. The third-order valence-electron chi connectivity index (χ3n) is 4.15. The van der Waals surface area contributed by atoms with E-state index in [-0.39, 0.29) is 12.5 Å². The summed E-state index contributed by atoms with van der Waals surface area (Å²) in [6, 6.07) is 6.71. The summed E-state index contributed by atoms with van der Waals surface area (Å²) in [6.07, 6.45) is 6.44. The predicted molar refractivity (Wildman–Crippen MR) is 106 cm³/mol. The van der Waals surface area contributed by atoms with Crippen molar-refractivity contribution in [3.8, 4) is 0 Å². The van der Waals surface area contributed by atoms with Crippen molar-refractivity contribution in [3.05, 3.63) is 42.0 Å². The molecular weight excluding hydrogens is 344 g/mol. The van der Waals surface area contributed by atoms with Crippen LogP contribution in [-0.4, -0.2) is 37.5 Å². The van der Waals surface area contributed by atoms with Crippen LogP contribution in [0, 0.1) is 0 Å². The molecule has 1 aromatic rings. The van der Waals surface area contributed by atoms with Crippen molar-refractivity contribution in [2.45, 2.75) is 51.5 Å². The molecule has 0 fully saturated rings. The molecule has 27 heavy (non-hydrogen) atoms. The molecule has 0 aliphatic heterocycles. The summed E-state index contributed by atoms with van der Waals surface area (Å²) in [5.74, 6) is -1.11. The van der Waals surface area contributed by atoms with Gasteiger partial charge in [-0.15, -0.1) is 0 Å². The van der Waals surface area contributed by atoms with Gasteiger partial charge in [0.15, 0.2) is 0 Å². The highest BCUT2D eigenvalue weighted by Gasteiger charge is 2.22. The zero-order valence-corrected chi connectivity index (χ0v) is 16.3. The Hall–Kier alpha value is -2.63. The van der Waals surface area contributed by atoms with Crippen LogP contribution < -0.4 is 10.6 Å². The largest absolute Gasteiger partial charge is 0.467 e. The summed E-state index contributed by atoms with van der Waals surface area (Å²) >= 11 is 0. The molecule has 6 heteroatoms. The standard InChI is InChI=1S/C21H30N2O4/c1-4-6-7-8-12-19(24)22-15-20(25)23-18(21(26)27-3)14-17-11-9-10-16(5-2)13-17/h5,9-11,13,18H,2,4,6-8,12,14-15H2,1,3H3,(H,22,24)(H,23,25). The minimum atomic E-state index is -0.816. The molecule has 148 valence electrons. The van der Waals surface area contributed by atoms with Gasteiger partial charge in [0.25, 0.3) is 0 Å². The van der Waals surface area contributed by atoms with Gasteiger partial charge in [0.2, 0.25) is 11.8 Å². The number of methoxy groups -OCH3 is 1. The van der Waals surface area contributed by atoms with Gasteiger partial charge in [-0.25, -0.2) is 4.79 Å². The van der Waals surface area contributed by atoms with Gasteiger partial charge in [0, 0.05) is 12.8 Å². The lowest BCUT2D eigenvalue weighted by Gasteiger charge is -2.17. The fourth-order valence-electron chi connectivity index (χ4n) is 2.64. The molecule has 0 aliphatic rings. The average molecular weight is 374 g/mol. The molecule has 1 atom stereocenters. The lowest BCUT2D eigenvalue weighted by atomic mass is 10.0. The fourth-order valence-corrected chi connectivity index (χ4v) is 2.64. The number of hydrogen-bond acceptors (Lipinski definition) is 4. The molecule has 2 N–H and O–H groups in total. The molecular formula is C21H30N2O4. The van der Waals surface area contributed by atoms with Gasteiger partial charge >= 0.3 is 5.97 Å². The lowest BCUT2D eigenvalue weighted by Crippen LogP contribution is -2.47. The normalized spacial score (nSPS) is 11.3. The van der Waals surface area contributed by atoms with Crippen molar-refractivity contribution in [1.29, 1.82) is 0 Å². The van der Waals surface area contributed by atoms with E-state index in [2.05, 4.69) is 24.1 Å². The number of amides is 2. The first-order valence-electron chi connectivity index (χ1n) is 9.35. The molecule has 0 aliphatic carbocycles. The first kappa shape index (κ1) is 22.4. The Labute approximate surface area is 161 Å². The molecule has 1 unspecified atom stereocenters. The van der Waals surface area contributed by atoms with Crippen LogP contribution in [0.1, 0.15) is 50.2 Å². The molecule has 2 amide bonds. The van der Waals surface area contributed by atoms with E-state index < -0.39 is 17.9 Å². The van der Waals surface area contributed by atoms with E-state index in [0.29, 0.717) is 12.8 Å². The maximum Gasteiger partial charge on any atom is 0.328 e. The van der Waals surface area contributed by atoms with Gasteiger partial charge in [0.05, 0.1) is 13.7 Å². The van der Waals surface area contributed by atoms with Gasteiger partial charge in [-0.05, 0) is 17.5 Å². The van der Waals surface area contributed by atoms with Crippen LogP contribution in [0.5, 0.6) is 0 Å². The zero-order valence-electron chi connectivity index (χ0n) is 16.3. The van der Waals surface area contributed by atoms with E-state index in [0.717, 1.165) is 36.8 Å². The molecule has 1 aromatic carbocycles. The smallest absolute Gasteiger partial charge is 0.328 e. The van der Waals surface area contributed by atoms with E-state index in [1.807, 2.05) is 24.3 Å². The Morgan fingerprint density at radius 3 is 2.63 bits per heavy atom. The Morgan fingerprint density at radius 1 is 1.19 bits per heavy atom. The van der Waals surface area contributed by atoms with E-state index in [1.165, 1.54) is 7.11 Å². The molecule has 0 aromatic heterocycles. The highest BCUT2D eigenvalue weighted by Crippen LogP contribution is 2.10. The van der Waals surface area contributed by atoms with Crippen molar-refractivity contribution in [1.82, 2.24) is 10.6 Å². The summed E-state index contributed by atoms with van der Waals surface area (Å²) in [5.41, 5.74) is 1.81. The van der Waals surface area contributed by atoms with Crippen LogP contribution in [0.2, 0.25) is 0 Å². The number of carbonyl (C=O) groups excluding carboxylic acids is 3. The molecule has 0 saturated heterocycles. The van der Waals surface area contributed by atoms with Crippen LogP contribution in [-0.2, 0) is 25.5 Å². The molecule has 6 nitrogen and oxygen atoms in total. The van der Waals surface area contributed by atoms with Gasteiger partial charge < -0.3 is 15.4 Å². The molecule has 0 saturated carbocycles. The lowest BCUT2D eigenvalue weighted by molar-refractivity contribution is -0.145. The second kappa shape index (κ2) is 12.7. The molecule has 0 radical (unpaired) electrons. The molecule has 0 heterocycles. The van der Waals surface area contributed by atoms with Gasteiger partial charge in [-0.2, -0.15) is 0 Å². The summed E-state index contributed by atoms with van der Waals surface area (Å²) < 4.78 is 4.78. The molecule has 0 bridgehead atoms. The number of unbranched alkanes of at least 4 members (excludes halogenated alkanes) is 3. The van der Waals surface area contributed by atoms with E-state index >= 15 is 0 Å². The van der Waals surface area contributed by atoms with Crippen LogP contribution in [0.15, 0.2) is 30.8 Å². The number of ether oxygens (including phenoxy) is 1. The Morgan fingerprint density at radius 2 is 1.96 bits per heavy atom. The van der Waals surface area contributed by atoms with E-state index in [4.69, 9.17) is 4.74 Å². The third kappa shape index (κ3) is 9.03. The minimum absolute atomic E-state index is 0.158. The average Bonchev–Trinajstić information content (AvgIpc) is 2.68. The van der Waals surface area contributed by atoms with Gasteiger partial charge in [-0.1, -0.05) is 63.1 Å². The molecule has 1 rings (SSSR count). The topological polar surface area (TPSA) is 84.5 Å². The van der Waals surface area contributed by atoms with Crippen LogP contribution >= 0.6 is 0 Å². The van der Waals surface area contributed by atoms with Gasteiger partial charge in [0.1, 0.15) is 6.04 Å². The number of benzene rings is 1. The van der Waals surface area contributed by atoms with Crippen molar-refractivity contribution < 1.29 is 19.1 Å². The first-order valence-corrected chi connectivity index (χ1v) is 9.35. The van der Waals surface area contributed by atoms with Crippen molar-refractivity contribution in [3.63, 3.8) is 0 Å². The summed E-state index contributed by atoms with van der Waals surface area (Å²) in [5, 5.41) is 5.22. The Bertz CT molecular complexity index is 643. The summed E-state index contributed by atoms with van der Waals surface area (Å²) in [4.78, 5) is 35.9. The summed E-state index contributed by atoms with van der Waals surface area (Å²) in [7, 11) is 1.28. The van der Waals surface area contributed by atoms with E-state index in [9.17, 15) is 14.4 Å². The number of carbonyl (C=O) groups is 3. The quantitative estimate of drug-likeness (QED) is 0.435. The fraction of sp³-hybridized carbons (Fsp3) is 0.476. The van der Waals surface area contributed by atoms with Crippen molar-refractivity contribution in [2.75, 3.05) is 13.7 Å². The Balaban J connectivity index is 2.53. The second-order valence-electron chi connectivity index (χ2n) is 6.38. The Kier molecular flexibility index (Phi) is 10.5. The van der Waals surface area contributed by atoms with Crippen molar-refractivity contribution in [2.24, 2.45) is 0 Å². The minimum Gasteiger partial charge on any atom is -0.467 e. The second-order valence-corrected chi connectivity index (χ2v) is 6.38. The van der Waals surface area contributed by atoms with Crippen molar-refractivity contribution >= 4 is 23.9 Å². The van der Waals surface area contributed by atoms with Crippen LogP contribution in [0.4, 0.5) is 0 Å². The number of nitrogens with one attached hydrogen (secondary N) is 2. The monoisotopic (exact) mass is 374 g/mol. The maximum absolute atomic E-state index is 12.1. The predicted octanol–water partition coefficient (Wildman–Crippen LogP) is 2.62. The molecule has 0 spiro atoms. The van der Waals surface area contributed by atoms with E-state index in [1.54, 1.807) is 6.08 Å². The highest BCUT2D eigenvalue weighted by molar-refractivity contribution is 5.88. The highest BCUT2D eigenvalue weighted by atomic mass is 16.5. The maximum atomic E-state index is 12.1. The first-order chi connectivity index (χ1) is 13.0. The van der Waals surface area contributed by atoms with Gasteiger partial charge in [-0.3, -0.25) is 9.59 Å². The summed E-state index contributed by atoms with van der Waals surface area (Å²) in [6.45, 7) is 5.67. The number of rotatable bonds is 12. The van der Waals surface area contributed by atoms with Crippen LogP contribution in [0.3, 0.4) is 0 Å². The number of hydrogen-bond donors (Lipinski definition) is 2. The SMILES string of the molecule is C=Cc1cccc(CC(NC(=O)CNC(=O)CCCCCC)C(=O)OC)c1. The third-order valence-corrected chi connectivity index (χ3v) is 4.15. The van der Waals surface area contributed by atoms with Crippen LogP contribution in [0.25, 0.3) is 6.08 Å². The number of esters is 1.